The topological polar surface area (TPSA) is 83.9 Å². The number of halogens is 5. The van der Waals surface area contributed by atoms with Crippen LogP contribution in [0.5, 0.6) is 0 Å². The number of rotatable bonds is 6. The summed E-state index contributed by atoms with van der Waals surface area (Å²) in [6, 6.07) is -0.275. The van der Waals surface area contributed by atoms with Gasteiger partial charge < -0.3 is 4.74 Å². The fourth-order valence-corrected chi connectivity index (χ4v) is 1.47. The zero-order valence-electron chi connectivity index (χ0n) is 11.2. The van der Waals surface area contributed by atoms with Gasteiger partial charge in [-0.25, -0.2) is 0 Å². The highest BCUT2D eigenvalue weighted by molar-refractivity contribution is 7.86. The average Bonchev–Trinajstić information content (AvgIpc) is 2.35. The summed E-state index contributed by atoms with van der Waals surface area (Å²) in [5, 5.41) is 0. The molecule has 0 unspecified atom stereocenters. The zero-order valence-corrected chi connectivity index (χ0v) is 13.6. The Morgan fingerprint density at radius 3 is 1.81 bits per heavy atom. The van der Waals surface area contributed by atoms with Gasteiger partial charge in [-0.3, -0.25) is 14.2 Å². The second-order valence-corrected chi connectivity index (χ2v) is 5.70. The van der Waals surface area contributed by atoms with Crippen molar-refractivity contribution in [3.05, 3.63) is 0 Å². The summed E-state index contributed by atoms with van der Waals surface area (Å²) in [6.45, 7) is 3.07. The van der Waals surface area contributed by atoms with Crippen molar-refractivity contribution in [2.45, 2.75) is 18.5 Å². The summed E-state index contributed by atoms with van der Waals surface area (Å²) in [4.78, 5) is 13.0. The quantitative estimate of drug-likeness (QED) is 0.328. The molecule has 0 radical (unpaired) electrons. The third-order valence-corrected chi connectivity index (χ3v) is 3.05. The van der Waals surface area contributed by atoms with Crippen molar-refractivity contribution in [2.75, 3.05) is 32.0 Å². The van der Waals surface area contributed by atoms with Crippen LogP contribution >= 0.6 is 23.2 Å². The Morgan fingerprint density at radius 2 is 1.62 bits per heavy atom. The van der Waals surface area contributed by atoms with Crippen LogP contribution in [0.2, 0.25) is 0 Å². The van der Waals surface area contributed by atoms with E-state index in [1.54, 1.807) is 6.92 Å². The first-order valence-corrected chi connectivity index (χ1v) is 7.90. The van der Waals surface area contributed by atoms with Gasteiger partial charge in [0.2, 0.25) is 0 Å². The molecule has 0 aromatic heterocycles. The van der Waals surface area contributed by atoms with E-state index in [1.807, 2.05) is 4.90 Å². The van der Waals surface area contributed by atoms with Crippen molar-refractivity contribution in [2.24, 2.45) is 0 Å². The molecule has 0 saturated carbocycles. The minimum absolute atomic E-state index is 0.254. The maximum Gasteiger partial charge on any atom is 0.522 e. The molecular formula is C9H16Cl2F3NO5S. The number of hydrogen-bond acceptors (Lipinski definition) is 5. The highest BCUT2D eigenvalue weighted by Gasteiger charge is 2.44. The van der Waals surface area contributed by atoms with Gasteiger partial charge in [0.1, 0.15) is 6.04 Å². The van der Waals surface area contributed by atoms with Crippen molar-refractivity contribution in [1.29, 1.82) is 0 Å². The minimum Gasteiger partial charge on any atom is -0.468 e. The molecular weight excluding hydrogens is 362 g/mol. The van der Waals surface area contributed by atoms with E-state index in [-0.39, 0.29) is 12.0 Å². The van der Waals surface area contributed by atoms with E-state index in [4.69, 9.17) is 36.2 Å². The number of nitrogens with zero attached hydrogens (tertiary/aromatic N) is 1. The van der Waals surface area contributed by atoms with Crippen LogP contribution in [-0.2, 0) is 19.6 Å². The summed E-state index contributed by atoms with van der Waals surface area (Å²) in [7, 11) is -4.47. The van der Waals surface area contributed by atoms with Crippen LogP contribution in [-0.4, -0.2) is 67.3 Å². The van der Waals surface area contributed by atoms with Crippen molar-refractivity contribution < 1.29 is 35.7 Å². The molecule has 0 aliphatic heterocycles. The lowest BCUT2D eigenvalue weighted by atomic mass is 10.3. The number of hydrogen-bond donors (Lipinski definition) is 1. The molecule has 0 spiro atoms. The molecule has 0 fully saturated rings. The summed E-state index contributed by atoms with van der Waals surface area (Å²) in [5.41, 5.74) is -5.53. The Bertz CT molecular complexity index is 399. The molecule has 0 saturated heterocycles. The first-order valence-electron chi connectivity index (χ1n) is 5.39. The van der Waals surface area contributed by atoms with Gasteiger partial charge in [0.25, 0.3) is 0 Å². The highest BCUT2D eigenvalue weighted by Crippen LogP contribution is 2.20. The largest absolute Gasteiger partial charge is 0.522 e. The number of carbonyl (C=O) groups is 1. The van der Waals surface area contributed by atoms with Crippen LogP contribution in [0.4, 0.5) is 13.2 Å². The SMILES string of the molecule is COC(=O)[C@H](C)N(CCCl)CCCl.O=S(=O)(O)C(F)(F)F. The molecule has 1 N–H and O–H groups in total. The number of carbonyl (C=O) groups excluding carboxylic acids is 1. The van der Waals surface area contributed by atoms with Crippen LogP contribution in [0.1, 0.15) is 6.92 Å². The van der Waals surface area contributed by atoms with Crippen molar-refractivity contribution in [1.82, 2.24) is 4.90 Å². The van der Waals surface area contributed by atoms with Gasteiger partial charge >= 0.3 is 21.6 Å². The van der Waals surface area contributed by atoms with Crippen molar-refractivity contribution in [3.63, 3.8) is 0 Å². The Balaban J connectivity index is 0. The van der Waals surface area contributed by atoms with Gasteiger partial charge in [-0.05, 0) is 6.92 Å². The van der Waals surface area contributed by atoms with E-state index in [2.05, 4.69) is 4.74 Å². The van der Waals surface area contributed by atoms with Gasteiger partial charge in [-0.2, -0.15) is 21.6 Å². The summed E-state index contributed by atoms with van der Waals surface area (Å²) < 4.78 is 62.2. The van der Waals surface area contributed by atoms with E-state index >= 15 is 0 Å². The van der Waals surface area contributed by atoms with E-state index in [0.29, 0.717) is 24.8 Å². The maximum absolute atomic E-state index is 11.2. The van der Waals surface area contributed by atoms with E-state index < -0.39 is 15.6 Å². The molecule has 1 atom stereocenters. The summed E-state index contributed by atoms with van der Waals surface area (Å²) >= 11 is 11.2. The van der Waals surface area contributed by atoms with E-state index in [0.717, 1.165) is 0 Å². The molecule has 21 heavy (non-hydrogen) atoms. The van der Waals surface area contributed by atoms with Crippen LogP contribution in [0.25, 0.3) is 0 Å². The molecule has 0 bridgehead atoms. The summed E-state index contributed by atoms with van der Waals surface area (Å²) in [6.07, 6.45) is 0. The van der Waals surface area contributed by atoms with Crippen LogP contribution in [0.15, 0.2) is 0 Å². The molecule has 6 nitrogen and oxygen atoms in total. The third-order valence-electron chi connectivity index (χ3n) is 2.13. The Morgan fingerprint density at radius 1 is 1.29 bits per heavy atom. The molecule has 0 rings (SSSR count). The number of ether oxygens (including phenoxy) is 1. The second kappa shape index (κ2) is 10.4. The summed E-state index contributed by atoms with van der Waals surface area (Å²) in [5.74, 6) is 0.714. The minimum atomic E-state index is -5.84. The Labute approximate surface area is 130 Å². The lowest BCUT2D eigenvalue weighted by molar-refractivity contribution is -0.146. The second-order valence-electron chi connectivity index (χ2n) is 3.53. The van der Waals surface area contributed by atoms with E-state index in [1.165, 1.54) is 7.11 Å². The molecule has 128 valence electrons. The van der Waals surface area contributed by atoms with E-state index in [9.17, 15) is 18.0 Å². The fraction of sp³-hybridized carbons (Fsp3) is 0.889. The zero-order chi connectivity index (χ0) is 17.3. The molecule has 0 aromatic rings. The fourth-order valence-electron chi connectivity index (χ4n) is 1.04. The van der Waals surface area contributed by atoms with Gasteiger partial charge in [-0.15, -0.1) is 23.2 Å². The lowest BCUT2D eigenvalue weighted by Crippen LogP contribution is -2.41. The van der Waals surface area contributed by atoms with Gasteiger partial charge in [-0.1, -0.05) is 0 Å². The van der Waals surface area contributed by atoms with Crippen LogP contribution in [0.3, 0.4) is 0 Å². The molecule has 0 aliphatic rings. The van der Waals surface area contributed by atoms with Crippen LogP contribution in [0, 0.1) is 0 Å². The lowest BCUT2D eigenvalue weighted by Gasteiger charge is -2.25. The molecule has 0 aliphatic carbocycles. The smallest absolute Gasteiger partial charge is 0.468 e. The van der Waals surface area contributed by atoms with Crippen LogP contribution < -0.4 is 0 Å². The van der Waals surface area contributed by atoms with Gasteiger partial charge in [0, 0.05) is 24.8 Å². The van der Waals surface area contributed by atoms with Gasteiger partial charge in [0.15, 0.2) is 0 Å². The first-order chi connectivity index (χ1) is 9.42. The van der Waals surface area contributed by atoms with Gasteiger partial charge in [0.05, 0.1) is 7.11 Å². The maximum atomic E-state index is 11.2. The first kappa shape index (κ1) is 23.0. The number of methoxy groups -OCH3 is 1. The monoisotopic (exact) mass is 377 g/mol. The normalized spacial score (nSPS) is 13.4. The number of alkyl halides is 5. The van der Waals surface area contributed by atoms with Crippen molar-refractivity contribution >= 4 is 39.3 Å². The predicted octanol–water partition coefficient (Wildman–Crippen LogP) is 1.72. The third kappa shape index (κ3) is 10.1. The molecule has 0 amide bonds. The highest BCUT2D eigenvalue weighted by atomic mass is 35.5. The molecule has 0 aromatic carbocycles. The average molecular weight is 378 g/mol. The van der Waals surface area contributed by atoms with Crippen molar-refractivity contribution in [3.8, 4) is 0 Å². The molecule has 12 heteroatoms. The predicted molar refractivity (Wildman–Crippen MR) is 72.1 cm³/mol. The number of esters is 1. The molecule has 0 heterocycles. The standard InChI is InChI=1S/C8H15Cl2NO2.CHF3O3S/c1-7(8(12)13-2)11(5-3-9)6-4-10;2-1(3,4)8(5,6)7/h7H,3-6H2,1-2H3;(H,5,6,7)/t7-;/m0./s1. The Hall–Kier alpha value is -0.290. The Kier molecular flexibility index (Phi) is 11.4.